The minimum atomic E-state index is 0.0318. The van der Waals surface area contributed by atoms with E-state index in [1.807, 2.05) is 32.0 Å². The van der Waals surface area contributed by atoms with Gasteiger partial charge in [-0.05, 0) is 37.5 Å². The number of carbonyl (C=O) groups excluding carboxylic acids is 1. The van der Waals surface area contributed by atoms with Gasteiger partial charge in [0.05, 0.1) is 0 Å². The number of benzene rings is 1. The highest BCUT2D eigenvalue weighted by atomic mass is 35.5. The first-order valence-corrected chi connectivity index (χ1v) is 5.60. The van der Waals surface area contributed by atoms with E-state index in [-0.39, 0.29) is 5.91 Å². The number of aryl methyl sites for hydroxylation is 2. The summed E-state index contributed by atoms with van der Waals surface area (Å²) in [5.74, 6) is 0.560. The van der Waals surface area contributed by atoms with Gasteiger partial charge in [-0.2, -0.15) is 0 Å². The van der Waals surface area contributed by atoms with Gasteiger partial charge in [-0.1, -0.05) is 12.1 Å². The number of halogens is 1. The summed E-state index contributed by atoms with van der Waals surface area (Å²) in [7, 11) is 0. The lowest BCUT2D eigenvalue weighted by atomic mass is 10.1. The van der Waals surface area contributed by atoms with Crippen LogP contribution < -0.4 is 5.32 Å². The number of nitrogens with one attached hydrogen (secondary N) is 1. The summed E-state index contributed by atoms with van der Waals surface area (Å²) in [5, 5.41) is 2.89. The molecule has 0 radical (unpaired) electrons. The van der Waals surface area contributed by atoms with Crippen LogP contribution in [-0.4, -0.2) is 11.8 Å². The molecule has 0 atom stereocenters. The molecule has 3 heteroatoms. The van der Waals surface area contributed by atoms with Gasteiger partial charge in [-0.3, -0.25) is 4.79 Å². The summed E-state index contributed by atoms with van der Waals surface area (Å²) >= 11 is 5.53. The topological polar surface area (TPSA) is 29.1 Å². The predicted molar refractivity (Wildman–Crippen MR) is 64.5 cm³/mol. The maximum atomic E-state index is 11.5. The van der Waals surface area contributed by atoms with Crippen LogP contribution in [0.4, 0.5) is 5.69 Å². The van der Waals surface area contributed by atoms with Gasteiger partial charge in [0, 0.05) is 18.0 Å². The minimum absolute atomic E-state index is 0.0318. The van der Waals surface area contributed by atoms with E-state index in [1.165, 1.54) is 0 Å². The number of alkyl halides is 1. The van der Waals surface area contributed by atoms with Crippen LogP contribution >= 0.6 is 11.6 Å². The van der Waals surface area contributed by atoms with Crippen molar-refractivity contribution >= 4 is 23.2 Å². The van der Waals surface area contributed by atoms with Crippen LogP contribution in [0.1, 0.15) is 24.0 Å². The zero-order chi connectivity index (χ0) is 11.3. The van der Waals surface area contributed by atoms with E-state index in [2.05, 4.69) is 5.32 Å². The standard InChI is InChI=1S/C12H16ClNO/c1-9-5-6-10(2)11(8-9)14-12(15)4-3-7-13/h5-6,8H,3-4,7H2,1-2H3,(H,14,15). The van der Waals surface area contributed by atoms with E-state index in [1.54, 1.807) is 0 Å². The lowest BCUT2D eigenvalue weighted by molar-refractivity contribution is -0.116. The van der Waals surface area contributed by atoms with Gasteiger partial charge in [0.1, 0.15) is 0 Å². The summed E-state index contributed by atoms with van der Waals surface area (Å²) in [6.45, 7) is 3.99. The summed E-state index contributed by atoms with van der Waals surface area (Å²) < 4.78 is 0. The number of hydrogen-bond acceptors (Lipinski definition) is 1. The van der Waals surface area contributed by atoms with Crippen LogP contribution in [0.2, 0.25) is 0 Å². The van der Waals surface area contributed by atoms with Crippen molar-refractivity contribution in [2.75, 3.05) is 11.2 Å². The van der Waals surface area contributed by atoms with Crippen LogP contribution in [0, 0.1) is 13.8 Å². The zero-order valence-corrected chi connectivity index (χ0v) is 9.90. The molecule has 0 unspecified atom stereocenters. The number of amides is 1. The van der Waals surface area contributed by atoms with Gasteiger partial charge < -0.3 is 5.32 Å². The fraction of sp³-hybridized carbons (Fsp3) is 0.417. The second-order valence-corrected chi connectivity index (χ2v) is 4.04. The van der Waals surface area contributed by atoms with E-state index in [9.17, 15) is 4.79 Å². The third-order valence-electron chi connectivity index (χ3n) is 2.20. The van der Waals surface area contributed by atoms with Crippen molar-refractivity contribution in [1.82, 2.24) is 0 Å². The molecule has 82 valence electrons. The number of hydrogen-bond donors (Lipinski definition) is 1. The molecule has 0 saturated carbocycles. The smallest absolute Gasteiger partial charge is 0.224 e. The molecule has 0 aliphatic heterocycles. The Morgan fingerprint density at radius 2 is 2.13 bits per heavy atom. The highest BCUT2D eigenvalue weighted by molar-refractivity contribution is 6.18. The molecule has 0 aliphatic rings. The highest BCUT2D eigenvalue weighted by Gasteiger charge is 2.04. The van der Waals surface area contributed by atoms with E-state index >= 15 is 0 Å². The molecule has 2 nitrogen and oxygen atoms in total. The molecule has 0 fully saturated rings. The third kappa shape index (κ3) is 3.92. The summed E-state index contributed by atoms with van der Waals surface area (Å²) in [6.07, 6.45) is 1.20. The number of anilines is 1. The summed E-state index contributed by atoms with van der Waals surface area (Å²) in [5.41, 5.74) is 3.13. The Hall–Kier alpha value is -1.02. The lowest BCUT2D eigenvalue weighted by Gasteiger charge is -2.08. The molecule has 1 rings (SSSR count). The molecule has 0 heterocycles. The first kappa shape index (κ1) is 12.1. The molecule has 0 spiro atoms. The Kier molecular flexibility index (Phi) is 4.63. The van der Waals surface area contributed by atoms with Crippen molar-refractivity contribution in [2.45, 2.75) is 26.7 Å². The van der Waals surface area contributed by atoms with Crippen LogP contribution in [0.5, 0.6) is 0 Å². The normalized spacial score (nSPS) is 10.1. The van der Waals surface area contributed by atoms with Crippen molar-refractivity contribution in [3.05, 3.63) is 29.3 Å². The average Bonchev–Trinajstić information content (AvgIpc) is 2.20. The number of rotatable bonds is 4. The van der Waals surface area contributed by atoms with Crippen LogP contribution in [-0.2, 0) is 4.79 Å². The monoisotopic (exact) mass is 225 g/mol. The second-order valence-electron chi connectivity index (χ2n) is 3.66. The summed E-state index contributed by atoms with van der Waals surface area (Å²) in [4.78, 5) is 11.5. The molecular weight excluding hydrogens is 210 g/mol. The Morgan fingerprint density at radius 1 is 1.40 bits per heavy atom. The van der Waals surface area contributed by atoms with Gasteiger partial charge in [-0.25, -0.2) is 0 Å². The Morgan fingerprint density at radius 3 is 2.80 bits per heavy atom. The van der Waals surface area contributed by atoms with Crippen LogP contribution in [0.25, 0.3) is 0 Å². The van der Waals surface area contributed by atoms with Crippen molar-refractivity contribution in [3.8, 4) is 0 Å². The Bertz CT molecular complexity index is 349. The molecule has 0 saturated heterocycles. The molecule has 1 aromatic carbocycles. The van der Waals surface area contributed by atoms with Gasteiger partial charge in [0.15, 0.2) is 0 Å². The second kappa shape index (κ2) is 5.76. The minimum Gasteiger partial charge on any atom is -0.326 e. The van der Waals surface area contributed by atoms with Gasteiger partial charge >= 0.3 is 0 Å². The van der Waals surface area contributed by atoms with E-state index < -0.39 is 0 Å². The van der Waals surface area contributed by atoms with Gasteiger partial charge in [-0.15, -0.1) is 11.6 Å². The van der Waals surface area contributed by atoms with Crippen molar-refractivity contribution in [3.63, 3.8) is 0 Å². The van der Waals surface area contributed by atoms with Crippen molar-refractivity contribution < 1.29 is 4.79 Å². The number of carbonyl (C=O) groups is 1. The Balaban J connectivity index is 2.63. The van der Waals surface area contributed by atoms with Crippen LogP contribution in [0.3, 0.4) is 0 Å². The molecule has 1 N–H and O–H groups in total. The first-order valence-electron chi connectivity index (χ1n) is 5.06. The summed E-state index contributed by atoms with van der Waals surface area (Å²) in [6, 6.07) is 6.02. The maximum Gasteiger partial charge on any atom is 0.224 e. The van der Waals surface area contributed by atoms with Gasteiger partial charge in [0.2, 0.25) is 5.91 Å². The molecule has 0 aromatic heterocycles. The zero-order valence-electron chi connectivity index (χ0n) is 9.14. The lowest BCUT2D eigenvalue weighted by Crippen LogP contribution is -2.12. The molecule has 0 bridgehead atoms. The molecule has 0 aliphatic carbocycles. The van der Waals surface area contributed by atoms with Crippen molar-refractivity contribution in [2.24, 2.45) is 0 Å². The quantitative estimate of drug-likeness (QED) is 0.783. The third-order valence-corrected chi connectivity index (χ3v) is 2.47. The van der Waals surface area contributed by atoms with E-state index in [0.717, 1.165) is 23.2 Å². The first-order chi connectivity index (χ1) is 7.13. The van der Waals surface area contributed by atoms with E-state index in [4.69, 9.17) is 11.6 Å². The fourth-order valence-electron chi connectivity index (χ4n) is 1.31. The largest absolute Gasteiger partial charge is 0.326 e. The maximum absolute atomic E-state index is 11.5. The SMILES string of the molecule is Cc1ccc(C)c(NC(=O)CCCCl)c1. The van der Waals surface area contributed by atoms with Gasteiger partial charge in [0.25, 0.3) is 0 Å². The predicted octanol–water partition coefficient (Wildman–Crippen LogP) is 3.26. The highest BCUT2D eigenvalue weighted by Crippen LogP contribution is 2.16. The fourth-order valence-corrected chi connectivity index (χ4v) is 1.44. The molecule has 1 amide bonds. The average molecular weight is 226 g/mol. The Labute approximate surface area is 95.6 Å². The molecular formula is C12H16ClNO. The van der Waals surface area contributed by atoms with Crippen molar-refractivity contribution in [1.29, 1.82) is 0 Å². The molecule has 1 aromatic rings. The molecule has 15 heavy (non-hydrogen) atoms. The van der Waals surface area contributed by atoms with Crippen LogP contribution in [0.15, 0.2) is 18.2 Å². The van der Waals surface area contributed by atoms with E-state index in [0.29, 0.717) is 12.3 Å².